The molecule has 154 valence electrons. The number of aromatic nitrogens is 1. The number of likely N-dealkylation sites (N-methyl/N-ethyl adjacent to an activating group) is 1. The van der Waals surface area contributed by atoms with Crippen LogP contribution in [0.2, 0.25) is 0 Å². The van der Waals surface area contributed by atoms with E-state index in [0.717, 1.165) is 24.4 Å². The first-order chi connectivity index (χ1) is 13.6. The van der Waals surface area contributed by atoms with Crippen molar-refractivity contribution in [3.63, 3.8) is 0 Å². The summed E-state index contributed by atoms with van der Waals surface area (Å²) >= 11 is 0. The number of pyridine rings is 1. The molecule has 0 bridgehead atoms. The maximum absolute atomic E-state index is 12.8. The number of aromatic hydroxyl groups is 1. The molecule has 1 unspecified atom stereocenters. The van der Waals surface area contributed by atoms with Crippen LogP contribution >= 0.6 is 0 Å². The first kappa shape index (κ1) is 20.4. The highest BCUT2D eigenvalue weighted by Gasteiger charge is 2.35. The molecule has 2 aromatic heterocycles. The van der Waals surface area contributed by atoms with Gasteiger partial charge in [-0.3, -0.25) is 14.6 Å². The Kier molecular flexibility index (Phi) is 5.31. The smallest absolute Gasteiger partial charge is 0.416 e. The highest BCUT2D eigenvalue weighted by Crippen LogP contribution is 2.29. The second-order valence-electron chi connectivity index (χ2n) is 6.54. The lowest BCUT2D eigenvalue weighted by atomic mass is 10.2. The van der Waals surface area contributed by atoms with Gasteiger partial charge in [-0.25, -0.2) is 4.79 Å². The van der Waals surface area contributed by atoms with E-state index in [1.807, 2.05) is 0 Å². The predicted octanol–water partition coefficient (Wildman–Crippen LogP) is 1.75. The molecule has 1 saturated heterocycles. The van der Waals surface area contributed by atoms with E-state index in [0.29, 0.717) is 12.5 Å². The molecule has 1 atom stereocenters. The molecule has 0 aliphatic carbocycles. The third kappa shape index (κ3) is 4.39. The van der Waals surface area contributed by atoms with Gasteiger partial charge < -0.3 is 19.3 Å². The fraction of sp³-hybridized carbons (Fsp3) is 0.333. The van der Waals surface area contributed by atoms with E-state index in [1.54, 1.807) is 0 Å². The van der Waals surface area contributed by atoms with Crippen LogP contribution in [-0.2, 0) is 6.18 Å². The summed E-state index contributed by atoms with van der Waals surface area (Å²) in [6.45, 7) is 0.283. The summed E-state index contributed by atoms with van der Waals surface area (Å²) in [5, 5.41) is 9.44. The zero-order chi connectivity index (χ0) is 21.3. The number of hydrogen-bond acceptors (Lipinski definition) is 6. The van der Waals surface area contributed by atoms with E-state index < -0.39 is 41.0 Å². The molecule has 29 heavy (non-hydrogen) atoms. The van der Waals surface area contributed by atoms with Crippen molar-refractivity contribution in [3.05, 3.63) is 57.9 Å². The Morgan fingerprint density at radius 2 is 2.03 bits per heavy atom. The van der Waals surface area contributed by atoms with Gasteiger partial charge in [-0.15, -0.1) is 0 Å². The van der Waals surface area contributed by atoms with Gasteiger partial charge >= 0.3 is 11.8 Å². The van der Waals surface area contributed by atoms with Gasteiger partial charge in [0.25, 0.3) is 11.8 Å². The van der Waals surface area contributed by atoms with Gasteiger partial charge in [0.05, 0.1) is 17.7 Å². The van der Waals surface area contributed by atoms with Gasteiger partial charge in [-0.05, 0) is 18.6 Å². The van der Waals surface area contributed by atoms with Gasteiger partial charge in [0.15, 0.2) is 5.76 Å². The molecule has 3 heterocycles. The van der Waals surface area contributed by atoms with Crippen LogP contribution in [-0.4, -0.2) is 57.9 Å². The number of alkyl halides is 3. The van der Waals surface area contributed by atoms with E-state index in [1.165, 1.54) is 16.8 Å². The van der Waals surface area contributed by atoms with Crippen molar-refractivity contribution in [2.24, 2.45) is 0 Å². The summed E-state index contributed by atoms with van der Waals surface area (Å²) in [6, 6.07) is 2.83. The first-order valence-corrected chi connectivity index (χ1v) is 8.50. The van der Waals surface area contributed by atoms with Crippen LogP contribution < -0.4 is 5.63 Å². The minimum atomic E-state index is -4.59. The van der Waals surface area contributed by atoms with Crippen molar-refractivity contribution < 1.29 is 32.3 Å². The minimum absolute atomic E-state index is 0.0715. The van der Waals surface area contributed by atoms with Crippen LogP contribution in [0.25, 0.3) is 0 Å². The Labute approximate surface area is 162 Å². The summed E-state index contributed by atoms with van der Waals surface area (Å²) in [6.07, 6.45) is -3.30. The molecule has 0 radical (unpaired) electrons. The van der Waals surface area contributed by atoms with Crippen LogP contribution in [0.4, 0.5) is 13.2 Å². The lowest BCUT2D eigenvalue weighted by molar-refractivity contribution is -0.137. The number of nitrogens with zero attached hydrogens (tertiary/aromatic N) is 3. The molecular weight excluding hydrogens is 395 g/mol. The van der Waals surface area contributed by atoms with Crippen molar-refractivity contribution in [1.82, 2.24) is 14.8 Å². The van der Waals surface area contributed by atoms with E-state index in [2.05, 4.69) is 4.98 Å². The van der Waals surface area contributed by atoms with Crippen molar-refractivity contribution in [2.45, 2.75) is 18.6 Å². The number of halogens is 3. The first-order valence-electron chi connectivity index (χ1n) is 8.50. The molecule has 11 heteroatoms. The number of carbonyl (C=O) groups is 2. The van der Waals surface area contributed by atoms with Crippen molar-refractivity contribution in [3.8, 4) is 5.75 Å². The topological polar surface area (TPSA) is 104 Å². The summed E-state index contributed by atoms with van der Waals surface area (Å²) in [5.74, 6) is -2.13. The monoisotopic (exact) mass is 411 g/mol. The lowest BCUT2D eigenvalue weighted by Gasteiger charge is -2.24. The number of carbonyl (C=O) groups excluding carboxylic acids is 2. The van der Waals surface area contributed by atoms with Gasteiger partial charge in [0.2, 0.25) is 0 Å². The van der Waals surface area contributed by atoms with Crippen LogP contribution in [0, 0.1) is 0 Å². The SMILES string of the molecule is CN(C(=O)c1cc(O)cc(=O)o1)C1CCN(C(=O)c2cc(C(F)(F)F)ccn2)C1. The molecule has 8 nitrogen and oxygen atoms in total. The third-order valence-corrected chi connectivity index (χ3v) is 4.59. The van der Waals surface area contributed by atoms with Crippen molar-refractivity contribution in [2.75, 3.05) is 20.1 Å². The highest BCUT2D eigenvalue weighted by atomic mass is 19.4. The van der Waals surface area contributed by atoms with E-state index in [9.17, 15) is 32.7 Å². The molecule has 1 aliphatic heterocycles. The Hall–Kier alpha value is -3.37. The highest BCUT2D eigenvalue weighted by molar-refractivity contribution is 5.93. The van der Waals surface area contributed by atoms with Crippen LogP contribution in [0.15, 0.2) is 39.7 Å². The Morgan fingerprint density at radius 1 is 1.31 bits per heavy atom. The van der Waals surface area contributed by atoms with Crippen molar-refractivity contribution >= 4 is 11.8 Å². The number of hydrogen-bond donors (Lipinski definition) is 1. The molecular formula is C18H16F3N3O5. The average Bonchev–Trinajstić information content (AvgIpc) is 3.15. The standard InChI is InChI=1S/C18H16F3N3O5/c1-23(17(28)14-7-12(25)8-15(26)29-14)11-3-5-24(9-11)16(27)13-6-10(2-4-22-13)18(19,20)21/h2,4,6-8,11,25H,3,5,9H2,1H3. The van der Waals surface area contributed by atoms with Crippen LogP contribution in [0.3, 0.4) is 0 Å². The zero-order valence-electron chi connectivity index (χ0n) is 15.1. The Balaban J connectivity index is 1.71. The molecule has 0 spiro atoms. The number of rotatable bonds is 3. The maximum Gasteiger partial charge on any atom is 0.416 e. The van der Waals surface area contributed by atoms with E-state index in [-0.39, 0.29) is 24.5 Å². The Morgan fingerprint density at radius 3 is 2.69 bits per heavy atom. The maximum atomic E-state index is 12.8. The third-order valence-electron chi connectivity index (χ3n) is 4.59. The summed E-state index contributed by atoms with van der Waals surface area (Å²) in [7, 11) is 1.44. The van der Waals surface area contributed by atoms with Crippen molar-refractivity contribution in [1.29, 1.82) is 0 Å². The second-order valence-corrected chi connectivity index (χ2v) is 6.54. The molecule has 2 amide bonds. The molecule has 0 saturated carbocycles. The molecule has 1 fully saturated rings. The van der Waals surface area contributed by atoms with Crippen LogP contribution in [0.1, 0.15) is 33.0 Å². The van der Waals surface area contributed by atoms with Gasteiger partial charge in [-0.1, -0.05) is 0 Å². The largest absolute Gasteiger partial charge is 0.508 e. The fourth-order valence-electron chi connectivity index (χ4n) is 3.04. The lowest BCUT2D eigenvalue weighted by Crippen LogP contribution is -2.40. The zero-order valence-corrected chi connectivity index (χ0v) is 15.1. The molecule has 3 rings (SSSR count). The minimum Gasteiger partial charge on any atom is -0.508 e. The molecule has 2 aromatic rings. The number of amides is 2. The molecule has 0 aromatic carbocycles. The van der Waals surface area contributed by atoms with E-state index >= 15 is 0 Å². The van der Waals surface area contributed by atoms with Gasteiger partial charge in [0, 0.05) is 32.4 Å². The van der Waals surface area contributed by atoms with E-state index in [4.69, 9.17) is 4.42 Å². The fourth-order valence-corrected chi connectivity index (χ4v) is 3.04. The van der Waals surface area contributed by atoms with Crippen LogP contribution in [0.5, 0.6) is 5.75 Å². The molecule has 1 aliphatic rings. The van der Waals surface area contributed by atoms with Gasteiger partial charge in [-0.2, -0.15) is 13.2 Å². The normalized spacial score (nSPS) is 16.7. The summed E-state index contributed by atoms with van der Waals surface area (Å²) < 4.78 is 43.3. The Bertz CT molecular complexity index is 1000. The summed E-state index contributed by atoms with van der Waals surface area (Å²) in [5.41, 5.74) is -2.20. The quantitative estimate of drug-likeness (QED) is 0.825. The average molecular weight is 411 g/mol. The van der Waals surface area contributed by atoms with Gasteiger partial charge in [0.1, 0.15) is 11.4 Å². The predicted molar refractivity (Wildman–Crippen MR) is 92.3 cm³/mol. The number of likely N-dealkylation sites (tertiary alicyclic amines) is 1. The molecule has 1 N–H and O–H groups in total. The second kappa shape index (κ2) is 7.57. The summed E-state index contributed by atoms with van der Waals surface area (Å²) in [4.78, 5) is 42.6.